The van der Waals surface area contributed by atoms with Crippen molar-refractivity contribution in [1.29, 1.82) is 5.26 Å². The Balaban J connectivity index is 2.38. The quantitative estimate of drug-likeness (QED) is 0.741. The highest BCUT2D eigenvalue weighted by Crippen LogP contribution is 2.55. The van der Waals surface area contributed by atoms with Gasteiger partial charge in [-0.3, -0.25) is 0 Å². The molecule has 0 aliphatic heterocycles. The summed E-state index contributed by atoms with van der Waals surface area (Å²) in [5.41, 5.74) is -0.142. The van der Waals surface area contributed by atoms with E-state index in [2.05, 4.69) is 35.0 Å². The van der Waals surface area contributed by atoms with Crippen LogP contribution in [-0.4, -0.2) is 0 Å². The lowest BCUT2D eigenvalue weighted by Gasteiger charge is -2.01. The molecule has 0 saturated heterocycles. The highest BCUT2D eigenvalue weighted by molar-refractivity contribution is 9.10. The van der Waals surface area contributed by atoms with Crippen LogP contribution in [0.4, 0.5) is 0 Å². The summed E-state index contributed by atoms with van der Waals surface area (Å²) in [7, 11) is 0. The Morgan fingerprint density at radius 3 is 2.83 bits per heavy atom. The number of hydrogen-bond donors (Lipinski definition) is 0. The molecule has 0 bridgehead atoms. The number of nitrogens with zero attached hydrogens (tertiary/aromatic N) is 1. The molecule has 0 spiro atoms. The van der Waals surface area contributed by atoms with E-state index >= 15 is 0 Å². The zero-order chi connectivity index (χ0) is 8.77. The van der Waals surface area contributed by atoms with E-state index in [4.69, 9.17) is 5.26 Å². The third-order valence-electron chi connectivity index (χ3n) is 2.52. The van der Waals surface area contributed by atoms with Gasteiger partial charge >= 0.3 is 0 Å². The van der Waals surface area contributed by atoms with Crippen molar-refractivity contribution in [2.24, 2.45) is 5.92 Å². The first-order valence-electron chi connectivity index (χ1n) is 3.85. The fourth-order valence-corrected chi connectivity index (χ4v) is 3.23. The molecule has 0 radical (unpaired) electrons. The first-order valence-corrected chi connectivity index (χ1v) is 5.52. The van der Waals surface area contributed by atoms with Crippen LogP contribution in [0.25, 0.3) is 0 Å². The molecule has 2 rings (SSSR count). The molecule has 0 N–H and O–H groups in total. The normalized spacial score (nSPS) is 32.9. The molecule has 1 aliphatic rings. The molecule has 62 valence electrons. The Morgan fingerprint density at radius 1 is 1.83 bits per heavy atom. The second kappa shape index (κ2) is 2.58. The average molecular weight is 242 g/mol. The van der Waals surface area contributed by atoms with Gasteiger partial charge in [-0.25, -0.2) is 0 Å². The second-order valence-electron chi connectivity index (χ2n) is 3.32. The molecule has 1 aromatic rings. The van der Waals surface area contributed by atoms with Crippen molar-refractivity contribution >= 4 is 27.3 Å². The number of halogens is 1. The van der Waals surface area contributed by atoms with Gasteiger partial charge in [-0.15, -0.1) is 11.3 Å². The van der Waals surface area contributed by atoms with E-state index < -0.39 is 0 Å². The fraction of sp³-hybridized carbons (Fsp3) is 0.444. The van der Waals surface area contributed by atoms with Gasteiger partial charge in [-0.2, -0.15) is 5.26 Å². The molecule has 3 heteroatoms. The highest BCUT2D eigenvalue weighted by Gasteiger charge is 2.54. The van der Waals surface area contributed by atoms with Crippen LogP contribution < -0.4 is 0 Å². The van der Waals surface area contributed by atoms with Crippen molar-refractivity contribution in [3.8, 4) is 6.07 Å². The SMILES string of the molecule is CC1CC1(C#N)c1cc(Br)cs1. The van der Waals surface area contributed by atoms with E-state index in [1.54, 1.807) is 11.3 Å². The molecular weight excluding hydrogens is 234 g/mol. The Kier molecular flexibility index (Phi) is 1.78. The predicted octanol–water partition coefficient (Wildman–Crippen LogP) is 3.31. The maximum absolute atomic E-state index is 9.03. The molecule has 1 saturated carbocycles. The Hall–Kier alpha value is -0.330. The first kappa shape index (κ1) is 8.28. The lowest BCUT2D eigenvalue weighted by Crippen LogP contribution is -2.02. The van der Waals surface area contributed by atoms with Crippen molar-refractivity contribution in [2.75, 3.05) is 0 Å². The summed E-state index contributed by atoms with van der Waals surface area (Å²) in [6.45, 7) is 2.14. The third kappa shape index (κ3) is 1.02. The van der Waals surface area contributed by atoms with Crippen LogP contribution in [0.2, 0.25) is 0 Å². The van der Waals surface area contributed by atoms with E-state index in [0.717, 1.165) is 10.9 Å². The highest BCUT2D eigenvalue weighted by atomic mass is 79.9. The summed E-state index contributed by atoms with van der Waals surface area (Å²) in [4.78, 5) is 1.21. The Labute approximate surface area is 84.2 Å². The van der Waals surface area contributed by atoms with Crippen LogP contribution >= 0.6 is 27.3 Å². The van der Waals surface area contributed by atoms with Gasteiger partial charge in [0.15, 0.2) is 0 Å². The summed E-state index contributed by atoms with van der Waals surface area (Å²) in [5, 5.41) is 11.1. The largest absolute Gasteiger partial charge is 0.197 e. The topological polar surface area (TPSA) is 23.8 Å². The minimum absolute atomic E-state index is 0.142. The van der Waals surface area contributed by atoms with Gasteiger partial charge in [0.25, 0.3) is 0 Å². The Bertz CT molecular complexity index is 352. The smallest absolute Gasteiger partial charge is 0.0944 e. The molecule has 1 aliphatic carbocycles. The lowest BCUT2D eigenvalue weighted by atomic mass is 10.1. The van der Waals surface area contributed by atoms with Gasteiger partial charge < -0.3 is 0 Å². The molecule has 0 amide bonds. The minimum atomic E-state index is -0.142. The maximum atomic E-state index is 9.03. The molecule has 2 unspecified atom stereocenters. The predicted molar refractivity (Wildman–Crippen MR) is 53.1 cm³/mol. The number of nitriles is 1. The molecule has 12 heavy (non-hydrogen) atoms. The van der Waals surface area contributed by atoms with E-state index in [9.17, 15) is 0 Å². The molecule has 1 fully saturated rings. The standard InChI is InChI=1S/C9H8BrNS/c1-6-3-9(6,5-11)8-2-7(10)4-12-8/h2,4,6H,3H2,1H3. The van der Waals surface area contributed by atoms with E-state index in [-0.39, 0.29) is 5.41 Å². The van der Waals surface area contributed by atoms with Crippen molar-refractivity contribution in [3.63, 3.8) is 0 Å². The number of rotatable bonds is 1. The van der Waals surface area contributed by atoms with Crippen molar-refractivity contribution in [1.82, 2.24) is 0 Å². The Morgan fingerprint density at radius 2 is 2.50 bits per heavy atom. The van der Waals surface area contributed by atoms with Gasteiger partial charge in [0.2, 0.25) is 0 Å². The van der Waals surface area contributed by atoms with Crippen molar-refractivity contribution in [3.05, 3.63) is 20.8 Å². The van der Waals surface area contributed by atoms with Crippen LogP contribution in [0.1, 0.15) is 18.2 Å². The van der Waals surface area contributed by atoms with Crippen LogP contribution in [0.3, 0.4) is 0 Å². The summed E-state index contributed by atoms with van der Waals surface area (Å²) < 4.78 is 1.09. The van der Waals surface area contributed by atoms with Gasteiger partial charge in [0, 0.05) is 14.7 Å². The van der Waals surface area contributed by atoms with E-state index in [1.807, 2.05) is 5.38 Å². The van der Waals surface area contributed by atoms with Gasteiger partial charge in [0.1, 0.15) is 0 Å². The zero-order valence-electron chi connectivity index (χ0n) is 6.67. The third-order valence-corrected chi connectivity index (χ3v) is 4.38. The summed E-state index contributed by atoms with van der Waals surface area (Å²) in [6.07, 6.45) is 1.02. The van der Waals surface area contributed by atoms with E-state index in [0.29, 0.717) is 5.92 Å². The summed E-state index contributed by atoms with van der Waals surface area (Å²) in [5.74, 6) is 0.535. The maximum Gasteiger partial charge on any atom is 0.0944 e. The van der Waals surface area contributed by atoms with Crippen LogP contribution in [0, 0.1) is 17.2 Å². The molecular formula is C9H8BrNS. The zero-order valence-corrected chi connectivity index (χ0v) is 9.08. The van der Waals surface area contributed by atoms with Crippen molar-refractivity contribution < 1.29 is 0 Å². The molecule has 1 aromatic heterocycles. The van der Waals surface area contributed by atoms with Crippen LogP contribution in [0.15, 0.2) is 15.9 Å². The molecule has 1 heterocycles. The van der Waals surface area contributed by atoms with Gasteiger partial charge in [-0.05, 0) is 34.3 Å². The molecule has 2 atom stereocenters. The van der Waals surface area contributed by atoms with Gasteiger partial charge in [-0.1, -0.05) is 6.92 Å². The second-order valence-corrected chi connectivity index (χ2v) is 5.14. The fourth-order valence-electron chi connectivity index (χ4n) is 1.53. The van der Waals surface area contributed by atoms with E-state index in [1.165, 1.54) is 4.88 Å². The number of thiophene rings is 1. The molecule has 1 nitrogen and oxygen atoms in total. The van der Waals surface area contributed by atoms with Crippen LogP contribution in [-0.2, 0) is 5.41 Å². The van der Waals surface area contributed by atoms with Gasteiger partial charge in [0.05, 0.1) is 11.5 Å². The minimum Gasteiger partial charge on any atom is -0.197 e. The summed E-state index contributed by atoms with van der Waals surface area (Å²) >= 11 is 5.08. The monoisotopic (exact) mass is 241 g/mol. The number of hydrogen-bond acceptors (Lipinski definition) is 2. The first-order chi connectivity index (χ1) is 5.69. The van der Waals surface area contributed by atoms with Crippen LogP contribution in [0.5, 0.6) is 0 Å². The average Bonchev–Trinajstić information content (AvgIpc) is 2.50. The molecule has 0 aromatic carbocycles. The van der Waals surface area contributed by atoms with Crippen molar-refractivity contribution in [2.45, 2.75) is 18.8 Å². The summed E-state index contributed by atoms with van der Waals surface area (Å²) in [6, 6.07) is 4.49. The lowest BCUT2D eigenvalue weighted by molar-refractivity contribution is 0.807.